The van der Waals surface area contributed by atoms with Crippen molar-refractivity contribution >= 4 is 34.5 Å². The van der Waals surface area contributed by atoms with Crippen molar-refractivity contribution in [1.82, 2.24) is 9.55 Å². The van der Waals surface area contributed by atoms with Gasteiger partial charge in [0.1, 0.15) is 12.4 Å². The van der Waals surface area contributed by atoms with Crippen LogP contribution < -0.4 is 4.74 Å². The number of allylic oxidation sites excluding steroid dienone is 1. The summed E-state index contributed by atoms with van der Waals surface area (Å²) in [4.78, 5) is 20.7. The molecule has 0 N–H and O–H groups in total. The molecule has 0 saturated heterocycles. The average Bonchev–Trinajstić information content (AvgIpc) is 3.53. The highest BCUT2D eigenvalue weighted by molar-refractivity contribution is 7.21. The number of aromatic nitrogens is 2. The van der Waals surface area contributed by atoms with Crippen LogP contribution in [0.2, 0.25) is 0 Å². The fraction of sp³-hybridized carbons (Fsp3) is 0.167. The van der Waals surface area contributed by atoms with Crippen LogP contribution in [-0.2, 0) is 13.0 Å². The second-order valence-electron chi connectivity index (χ2n) is 7.15. The average molecular weight is 433 g/mol. The summed E-state index contributed by atoms with van der Waals surface area (Å²) in [5.41, 5.74) is 2.75. The summed E-state index contributed by atoms with van der Waals surface area (Å²) in [6.45, 7) is 1.32. The van der Waals surface area contributed by atoms with E-state index >= 15 is 0 Å². The van der Waals surface area contributed by atoms with E-state index in [9.17, 15) is 4.79 Å². The number of imidazole rings is 1. The molecule has 0 aliphatic heterocycles. The van der Waals surface area contributed by atoms with Crippen molar-refractivity contribution in [2.24, 2.45) is 0 Å². The topological polar surface area (TPSA) is 44.1 Å². The largest absolute Gasteiger partial charge is 0.492 e. The molecule has 3 heterocycles. The molecule has 4 aromatic rings. The summed E-state index contributed by atoms with van der Waals surface area (Å²) in [7, 11) is 0. The number of rotatable bonds is 6. The van der Waals surface area contributed by atoms with Gasteiger partial charge in [0.2, 0.25) is 0 Å². The van der Waals surface area contributed by atoms with Gasteiger partial charge < -0.3 is 9.30 Å². The maximum absolute atomic E-state index is 13.0. The molecular weight excluding hydrogens is 412 g/mol. The van der Waals surface area contributed by atoms with Crippen LogP contribution in [-0.4, -0.2) is 21.9 Å². The Morgan fingerprint density at radius 2 is 2.10 bits per heavy atom. The van der Waals surface area contributed by atoms with Crippen molar-refractivity contribution in [3.63, 3.8) is 0 Å². The lowest BCUT2D eigenvalue weighted by Gasteiger charge is -2.18. The van der Waals surface area contributed by atoms with Gasteiger partial charge in [0.25, 0.3) is 0 Å². The molecule has 30 heavy (non-hydrogen) atoms. The van der Waals surface area contributed by atoms with E-state index in [1.807, 2.05) is 29.0 Å². The Balaban J connectivity index is 1.28. The molecule has 0 saturated carbocycles. The Bertz CT molecular complexity index is 1190. The maximum atomic E-state index is 13.0. The van der Waals surface area contributed by atoms with Crippen LogP contribution in [0.5, 0.6) is 5.75 Å². The minimum atomic E-state index is 0.132. The molecule has 1 aliphatic rings. The third-order valence-corrected chi connectivity index (χ3v) is 7.26. The van der Waals surface area contributed by atoms with Crippen molar-refractivity contribution in [2.45, 2.75) is 19.4 Å². The Morgan fingerprint density at radius 1 is 1.13 bits per heavy atom. The zero-order valence-corrected chi connectivity index (χ0v) is 17.9. The summed E-state index contributed by atoms with van der Waals surface area (Å²) >= 11 is 3.47. The summed E-state index contributed by atoms with van der Waals surface area (Å²) in [5, 5.41) is 2.09. The number of ketones is 1. The highest BCUT2D eigenvalue weighted by Crippen LogP contribution is 2.34. The highest BCUT2D eigenvalue weighted by atomic mass is 32.1. The monoisotopic (exact) mass is 432 g/mol. The molecule has 0 fully saturated rings. The van der Waals surface area contributed by atoms with E-state index in [1.54, 1.807) is 35.2 Å². The summed E-state index contributed by atoms with van der Waals surface area (Å²) in [5.74, 6) is 0.945. The predicted molar refractivity (Wildman–Crippen MR) is 122 cm³/mol. The molecular formula is C24H20N2O2S2. The number of fused-ring (bicyclic) bond motifs is 1. The van der Waals surface area contributed by atoms with Crippen LogP contribution in [0.1, 0.15) is 27.2 Å². The van der Waals surface area contributed by atoms with E-state index in [0.717, 1.165) is 46.7 Å². The van der Waals surface area contributed by atoms with Gasteiger partial charge in [-0.1, -0.05) is 6.07 Å². The van der Waals surface area contributed by atoms with Crippen molar-refractivity contribution in [2.75, 3.05) is 6.61 Å². The Kier molecular flexibility index (Phi) is 5.34. The van der Waals surface area contributed by atoms with Gasteiger partial charge in [-0.05, 0) is 66.3 Å². The third kappa shape index (κ3) is 4.01. The number of carbonyl (C=O) groups excluding carboxylic acids is 1. The molecule has 4 nitrogen and oxygen atoms in total. The highest BCUT2D eigenvalue weighted by Gasteiger charge is 2.22. The maximum Gasteiger partial charge on any atom is 0.189 e. The van der Waals surface area contributed by atoms with E-state index in [1.165, 1.54) is 9.75 Å². The summed E-state index contributed by atoms with van der Waals surface area (Å²) in [6, 6.07) is 14.2. The SMILES string of the molecule is O=C1C(=Cc2ccc(-c3cccs3)s2)CCc2cc(OCCn3ccnc3)ccc21. The normalized spacial score (nSPS) is 14.8. The van der Waals surface area contributed by atoms with Crippen LogP contribution in [0.4, 0.5) is 0 Å². The first kappa shape index (κ1) is 19.0. The first-order chi connectivity index (χ1) is 14.8. The number of carbonyl (C=O) groups is 1. The zero-order chi connectivity index (χ0) is 20.3. The van der Waals surface area contributed by atoms with Gasteiger partial charge >= 0.3 is 0 Å². The Labute approximate surface area is 183 Å². The van der Waals surface area contributed by atoms with Gasteiger partial charge in [-0.3, -0.25) is 4.79 Å². The zero-order valence-electron chi connectivity index (χ0n) is 16.3. The minimum Gasteiger partial charge on any atom is -0.492 e. The molecule has 6 heteroatoms. The second kappa shape index (κ2) is 8.42. The van der Waals surface area contributed by atoms with Gasteiger partial charge in [-0.15, -0.1) is 22.7 Å². The van der Waals surface area contributed by atoms with Crippen LogP contribution in [0, 0.1) is 0 Å². The van der Waals surface area contributed by atoms with Gasteiger partial charge in [0.05, 0.1) is 12.9 Å². The number of benzene rings is 1. The number of aryl methyl sites for hydroxylation is 1. The number of ether oxygens (including phenoxy) is 1. The van der Waals surface area contributed by atoms with E-state index in [0.29, 0.717) is 6.61 Å². The van der Waals surface area contributed by atoms with Gasteiger partial charge in [-0.2, -0.15) is 0 Å². The molecule has 1 aliphatic carbocycles. The van der Waals surface area contributed by atoms with Crippen LogP contribution in [0.3, 0.4) is 0 Å². The fourth-order valence-corrected chi connectivity index (χ4v) is 5.43. The van der Waals surface area contributed by atoms with Crippen molar-refractivity contribution in [3.05, 3.63) is 88.1 Å². The van der Waals surface area contributed by atoms with Crippen LogP contribution in [0.15, 0.2) is 72.1 Å². The third-order valence-electron chi connectivity index (χ3n) is 5.16. The van der Waals surface area contributed by atoms with Gasteiger partial charge in [-0.25, -0.2) is 4.98 Å². The molecule has 1 aromatic carbocycles. The van der Waals surface area contributed by atoms with Crippen molar-refractivity contribution in [3.8, 4) is 15.5 Å². The molecule has 0 spiro atoms. The smallest absolute Gasteiger partial charge is 0.189 e. The predicted octanol–water partition coefficient (Wildman–Crippen LogP) is 5.96. The van der Waals surface area contributed by atoms with Crippen LogP contribution in [0.25, 0.3) is 15.8 Å². The molecule has 5 rings (SSSR count). The van der Waals surface area contributed by atoms with Crippen molar-refractivity contribution in [1.29, 1.82) is 0 Å². The lowest BCUT2D eigenvalue weighted by molar-refractivity contribution is 0.102. The van der Waals surface area contributed by atoms with E-state index < -0.39 is 0 Å². The Hall–Kier alpha value is -2.96. The number of hydrogen-bond acceptors (Lipinski definition) is 5. The molecule has 0 radical (unpaired) electrons. The van der Waals surface area contributed by atoms with Gasteiger partial charge in [0.15, 0.2) is 5.78 Å². The summed E-state index contributed by atoms with van der Waals surface area (Å²) < 4.78 is 7.85. The number of hydrogen-bond donors (Lipinski definition) is 0. The number of nitrogens with zero attached hydrogens (tertiary/aromatic N) is 2. The van der Waals surface area contributed by atoms with E-state index in [4.69, 9.17) is 4.74 Å². The van der Waals surface area contributed by atoms with E-state index in [2.05, 4.69) is 40.7 Å². The van der Waals surface area contributed by atoms with E-state index in [-0.39, 0.29) is 5.78 Å². The lowest BCUT2D eigenvalue weighted by Crippen LogP contribution is -2.14. The molecule has 0 unspecified atom stereocenters. The first-order valence-corrected chi connectivity index (χ1v) is 11.6. The summed E-state index contributed by atoms with van der Waals surface area (Å²) in [6.07, 6.45) is 9.13. The molecule has 0 amide bonds. The minimum absolute atomic E-state index is 0.132. The fourth-order valence-electron chi connectivity index (χ4n) is 3.62. The molecule has 0 bridgehead atoms. The molecule has 0 atom stereocenters. The van der Waals surface area contributed by atoms with Gasteiger partial charge in [0, 0.05) is 38.2 Å². The van der Waals surface area contributed by atoms with Crippen LogP contribution >= 0.6 is 22.7 Å². The molecule has 150 valence electrons. The second-order valence-corrected chi connectivity index (χ2v) is 9.21. The first-order valence-electron chi connectivity index (χ1n) is 9.87. The molecule has 3 aromatic heterocycles. The van der Waals surface area contributed by atoms with Crippen molar-refractivity contribution < 1.29 is 9.53 Å². The Morgan fingerprint density at radius 3 is 2.93 bits per heavy atom. The quantitative estimate of drug-likeness (QED) is 0.353. The lowest BCUT2D eigenvalue weighted by atomic mass is 9.86. The number of Topliss-reactive ketones (excluding diaryl/α,β-unsaturated/α-hetero) is 1. The number of thiophene rings is 2. The standard InChI is InChI=1S/C24H20N2O2S2/c27-24-18(15-20-6-8-23(30-20)22-2-1-13-29-22)4-3-17-14-19(5-7-21(17)24)28-12-11-26-10-9-25-16-26/h1-2,5-10,13-16H,3-4,11-12H2.